The summed E-state index contributed by atoms with van der Waals surface area (Å²) in [5.41, 5.74) is 0. The zero-order chi connectivity index (χ0) is 50.7. The first-order chi connectivity index (χ1) is 34.5. The summed E-state index contributed by atoms with van der Waals surface area (Å²) < 4.78 is 16.8. The average molecular weight is 980 g/mol. The van der Waals surface area contributed by atoms with Gasteiger partial charge in [-0.05, 0) is 89.9 Å². The van der Waals surface area contributed by atoms with Crippen molar-refractivity contribution in [3.05, 3.63) is 60.8 Å². The Bertz CT molecular complexity index is 1260. The number of unbranched alkanes of at least 4 members (excludes halogenated alkanes) is 34. The second kappa shape index (κ2) is 58.7. The van der Waals surface area contributed by atoms with Gasteiger partial charge in [-0.2, -0.15) is 0 Å². The number of carbonyl (C=O) groups excluding carboxylic acids is 3. The molecule has 1 unspecified atom stereocenters. The first-order valence-electron chi connectivity index (χ1n) is 30.3. The van der Waals surface area contributed by atoms with E-state index in [1.54, 1.807) is 0 Å². The second-order valence-corrected chi connectivity index (χ2v) is 20.3. The van der Waals surface area contributed by atoms with Gasteiger partial charge >= 0.3 is 17.9 Å². The molecular formula is C64H114O6. The SMILES string of the molecule is CCCCCCC/C=C\C/C=C\C/C=C\CCCCCCCCCCC(=O)OCC(COC(=O)CCCCCCCCCC)OC(=O)CCCCCCCCCCC/C=C\C/C=C\CCCCCCC. The van der Waals surface area contributed by atoms with Gasteiger partial charge in [-0.25, -0.2) is 0 Å². The molecule has 0 amide bonds. The Balaban J connectivity index is 4.23. The summed E-state index contributed by atoms with van der Waals surface area (Å²) >= 11 is 0. The van der Waals surface area contributed by atoms with Gasteiger partial charge in [0.15, 0.2) is 6.10 Å². The molecule has 6 nitrogen and oxygen atoms in total. The van der Waals surface area contributed by atoms with Crippen LogP contribution < -0.4 is 0 Å². The lowest BCUT2D eigenvalue weighted by Crippen LogP contribution is -2.30. The van der Waals surface area contributed by atoms with Gasteiger partial charge in [-0.3, -0.25) is 14.4 Å². The summed E-state index contributed by atoms with van der Waals surface area (Å²) in [7, 11) is 0. The van der Waals surface area contributed by atoms with E-state index in [0.717, 1.165) is 83.5 Å². The fourth-order valence-electron chi connectivity index (χ4n) is 8.66. The van der Waals surface area contributed by atoms with Crippen LogP contribution in [0.4, 0.5) is 0 Å². The molecule has 0 aliphatic carbocycles. The van der Waals surface area contributed by atoms with E-state index in [9.17, 15) is 14.4 Å². The quantitative estimate of drug-likeness (QED) is 0.0261. The van der Waals surface area contributed by atoms with Crippen LogP contribution in [0.2, 0.25) is 0 Å². The van der Waals surface area contributed by atoms with Gasteiger partial charge in [0.25, 0.3) is 0 Å². The van der Waals surface area contributed by atoms with E-state index < -0.39 is 6.10 Å². The highest BCUT2D eigenvalue weighted by Gasteiger charge is 2.19. The molecule has 6 heteroatoms. The standard InChI is InChI=1S/C64H114O6/c1-4-7-10-13-16-19-21-23-25-27-29-31-32-34-35-37-39-41-43-45-48-51-54-57-63(66)69-60-61(59-68-62(65)56-53-50-47-18-15-12-9-6-3)70-64(67)58-55-52-49-46-44-42-40-38-36-33-30-28-26-24-22-20-17-14-11-8-5-2/h21-24,27-30,32,34,61H,4-20,25-26,31,33,35-60H2,1-3H3/b23-21-,24-22-,29-27-,30-28-,34-32-. The van der Waals surface area contributed by atoms with E-state index in [1.807, 2.05) is 0 Å². The molecule has 0 spiro atoms. The number of hydrogen-bond acceptors (Lipinski definition) is 6. The van der Waals surface area contributed by atoms with E-state index in [4.69, 9.17) is 14.2 Å². The minimum Gasteiger partial charge on any atom is -0.462 e. The topological polar surface area (TPSA) is 78.9 Å². The predicted molar refractivity (Wildman–Crippen MR) is 302 cm³/mol. The number of esters is 3. The lowest BCUT2D eigenvalue weighted by atomic mass is 10.1. The summed E-state index contributed by atoms with van der Waals surface area (Å²) in [5.74, 6) is -0.881. The van der Waals surface area contributed by atoms with Crippen LogP contribution in [0.15, 0.2) is 60.8 Å². The number of ether oxygens (including phenoxy) is 3. The molecule has 0 saturated heterocycles. The Hall–Kier alpha value is -2.89. The molecule has 0 fully saturated rings. The molecule has 0 radical (unpaired) electrons. The Morgan fingerprint density at radius 3 is 0.800 bits per heavy atom. The largest absolute Gasteiger partial charge is 0.462 e. The monoisotopic (exact) mass is 979 g/mol. The van der Waals surface area contributed by atoms with Crippen molar-refractivity contribution in [3.63, 3.8) is 0 Å². The van der Waals surface area contributed by atoms with Crippen LogP contribution >= 0.6 is 0 Å². The first kappa shape index (κ1) is 67.1. The Morgan fingerprint density at radius 2 is 0.514 bits per heavy atom. The third kappa shape index (κ3) is 56.0. The van der Waals surface area contributed by atoms with Crippen molar-refractivity contribution in [1.29, 1.82) is 0 Å². The van der Waals surface area contributed by atoms with E-state index in [-0.39, 0.29) is 31.1 Å². The lowest BCUT2D eigenvalue weighted by Gasteiger charge is -2.18. The highest BCUT2D eigenvalue weighted by molar-refractivity contribution is 5.71. The minimum absolute atomic E-state index is 0.0765. The van der Waals surface area contributed by atoms with Gasteiger partial charge in [-0.1, -0.05) is 261 Å². The van der Waals surface area contributed by atoms with Crippen molar-refractivity contribution in [1.82, 2.24) is 0 Å². The summed E-state index contributed by atoms with van der Waals surface area (Å²) in [6.07, 6.45) is 73.7. The van der Waals surface area contributed by atoms with Crippen LogP contribution in [-0.4, -0.2) is 37.2 Å². The van der Waals surface area contributed by atoms with Gasteiger partial charge in [-0.15, -0.1) is 0 Å². The fraction of sp³-hybridized carbons (Fsp3) is 0.797. The second-order valence-electron chi connectivity index (χ2n) is 20.3. The molecule has 0 N–H and O–H groups in total. The summed E-state index contributed by atoms with van der Waals surface area (Å²) in [6.45, 7) is 6.61. The molecule has 70 heavy (non-hydrogen) atoms. The minimum atomic E-state index is -0.777. The molecule has 0 aromatic heterocycles. The Morgan fingerprint density at radius 1 is 0.286 bits per heavy atom. The maximum Gasteiger partial charge on any atom is 0.306 e. The van der Waals surface area contributed by atoms with Crippen LogP contribution in [0.25, 0.3) is 0 Å². The van der Waals surface area contributed by atoms with Gasteiger partial charge in [0.2, 0.25) is 0 Å². The van der Waals surface area contributed by atoms with Crippen molar-refractivity contribution in [2.24, 2.45) is 0 Å². The maximum absolute atomic E-state index is 12.8. The highest BCUT2D eigenvalue weighted by atomic mass is 16.6. The van der Waals surface area contributed by atoms with E-state index in [1.165, 1.54) is 186 Å². The Kier molecular flexibility index (Phi) is 56.3. The van der Waals surface area contributed by atoms with E-state index in [2.05, 4.69) is 81.5 Å². The number of hydrogen-bond donors (Lipinski definition) is 0. The average Bonchev–Trinajstić information content (AvgIpc) is 3.36. The normalized spacial score (nSPS) is 12.4. The van der Waals surface area contributed by atoms with Crippen molar-refractivity contribution in [2.45, 2.75) is 316 Å². The summed E-state index contributed by atoms with van der Waals surface area (Å²) in [4.78, 5) is 38.1. The first-order valence-corrected chi connectivity index (χ1v) is 30.3. The molecule has 0 aliphatic rings. The zero-order valence-electron chi connectivity index (χ0n) is 46.5. The molecule has 0 aliphatic heterocycles. The maximum atomic E-state index is 12.8. The fourth-order valence-corrected chi connectivity index (χ4v) is 8.66. The molecule has 0 aromatic carbocycles. The summed E-state index contributed by atoms with van der Waals surface area (Å²) in [5, 5.41) is 0. The highest BCUT2D eigenvalue weighted by Crippen LogP contribution is 2.16. The van der Waals surface area contributed by atoms with Gasteiger partial charge in [0, 0.05) is 19.3 Å². The molecule has 0 saturated carbocycles. The van der Waals surface area contributed by atoms with Crippen LogP contribution in [-0.2, 0) is 28.6 Å². The zero-order valence-corrected chi connectivity index (χ0v) is 46.5. The lowest BCUT2D eigenvalue weighted by molar-refractivity contribution is -0.167. The van der Waals surface area contributed by atoms with Crippen LogP contribution in [0.1, 0.15) is 310 Å². The van der Waals surface area contributed by atoms with E-state index in [0.29, 0.717) is 19.3 Å². The molecule has 0 bridgehead atoms. The molecular weight excluding hydrogens is 865 g/mol. The third-order valence-corrected chi connectivity index (χ3v) is 13.2. The number of allylic oxidation sites excluding steroid dienone is 10. The van der Waals surface area contributed by atoms with Gasteiger partial charge in [0.1, 0.15) is 13.2 Å². The van der Waals surface area contributed by atoms with Gasteiger partial charge < -0.3 is 14.2 Å². The molecule has 1 atom stereocenters. The van der Waals surface area contributed by atoms with Crippen LogP contribution in [0.5, 0.6) is 0 Å². The third-order valence-electron chi connectivity index (χ3n) is 13.2. The predicted octanol–water partition coefficient (Wildman–Crippen LogP) is 20.4. The van der Waals surface area contributed by atoms with Gasteiger partial charge in [0.05, 0.1) is 0 Å². The van der Waals surface area contributed by atoms with E-state index >= 15 is 0 Å². The van der Waals surface area contributed by atoms with Crippen molar-refractivity contribution < 1.29 is 28.6 Å². The summed E-state index contributed by atoms with van der Waals surface area (Å²) in [6, 6.07) is 0. The molecule has 0 rings (SSSR count). The smallest absolute Gasteiger partial charge is 0.306 e. The van der Waals surface area contributed by atoms with Crippen molar-refractivity contribution in [2.75, 3.05) is 13.2 Å². The molecule has 406 valence electrons. The van der Waals surface area contributed by atoms with Crippen LogP contribution in [0, 0.1) is 0 Å². The molecule has 0 heterocycles. The van der Waals surface area contributed by atoms with Crippen molar-refractivity contribution >= 4 is 17.9 Å². The number of carbonyl (C=O) groups is 3. The number of rotatable bonds is 55. The Labute approximate surface area is 434 Å². The van der Waals surface area contributed by atoms with Crippen molar-refractivity contribution in [3.8, 4) is 0 Å². The van der Waals surface area contributed by atoms with Crippen LogP contribution in [0.3, 0.4) is 0 Å². The molecule has 0 aromatic rings.